The largest absolute Gasteiger partial charge is 0.338 e. The van der Waals surface area contributed by atoms with Crippen LogP contribution in [0.15, 0.2) is 12.2 Å². The van der Waals surface area contributed by atoms with Crippen LogP contribution in [0.25, 0.3) is 0 Å². The quantitative estimate of drug-likeness (QED) is 0.674. The van der Waals surface area contributed by atoms with E-state index in [0.29, 0.717) is 17.7 Å². The Morgan fingerprint density at radius 2 is 2.06 bits per heavy atom. The van der Waals surface area contributed by atoms with Crippen LogP contribution in [0.1, 0.15) is 25.7 Å². The summed E-state index contributed by atoms with van der Waals surface area (Å²) >= 11 is 0. The average molecular weight is 220 g/mol. The molecule has 1 aliphatic heterocycles. The Morgan fingerprint density at radius 1 is 1.25 bits per heavy atom. The number of hydrogen-bond donors (Lipinski definition) is 1. The van der Waals surface area contributed by atoms with Gasteiger partial charge in [0, 0.05) is 19.1 Å². The number of hydrogen-bond acceptors (Lipinski definition) is 2. The van der Waals surface area contributed by atoms with E-state index in [0.717, 1.165) is 19.5 Å². The van der Waals surface area contributed by atoms with Crippen LogP contribution < -0.4 is 5.73 Å². The van der Waals surface area contributed by atoms with Gasteiger partial charge in [-0.15, -0.1) is 0 Å². The molecule has 2 bridgehead atoms. The molecule has 0 aromatic carbocycles. The van der Waals surface area contributed by atoms with Crippen molar-refractivity contribution in [3.63, 3.8) is 0 Å². The summed E-state index contributed by atoms with van der Waals surface area (Å²) in [6, 6.07) is 0.136. The van der Waals surface area contributed by atoms with Crippen LogP contribution in [-0.2, 0) is 4.79 Å². The van der Waals surface area contributed by atoms with E-state index in [1.807, 2.05) is 4.90 Å². The number of carbonyl (C=O) groups excluding carboxylic acids is 1. The highest BCUT2D eigenvalue weighted by molar-refractivity contribution is 5.81. The standard InChI is InChI=1S/C13H20N2O/c14-12-10-5-4-9(8-10)11(12)13(16)15-6-2-1-3-7-15/h1-2,9-12H,3-8,14H2. The van der Waals surface area contributed by atoms with Gasteiger partial charge in [-0.1, -0.05) is 12.2 Å². The third-order valence-corrected chi connectivity index (χ3v) is 4.64. The minimum atomic E-state index is 0.130. The molecule has 2 saturated carbocycles. The summed E-state index contributed by atoms with van der Waals surface area (Å²) < 4.78 is 0. The van der Waals surface area contributed by atoms with E-state index in [2.05, 4.69) is 12.2 Å². The van der Waals surface area contributed by atoms with Crippen molar-refractivity contribution in [1.82, 2.24) is 4.90 Å². The molecule has 0 spiro atoms. The van der Waals surface area contributed by atoms with Crippen LogP contribution >= 0.6 is 0 Å². The molecule has 0 radical (unpaired) electrons. The van der Waals surface area contributed by atoms with E-state index in [1.54, 1.807) is 0 Å². The zero-order valence-corrected chi connectivity index (χ0v) is 9.64. The van der Waals surface area contributed by atoms with Crippen LogP contribution in [0.2, 0.25) is 0 Å². The minimum Gasteiger partial charge on any atom is -0.338 e. The zero-order valence-electron chi connectivity index (χ0n) is 9.64. The normalized spacial score (nSPS) is 41.7. The molecule has 3 nitrogen and oxygen atoms in total. The predicted molar refractivity (Wildman–Crippen MR) is 62.6 cm³/mol. The van der Waals surface area contributed by atoms with Gasteiger partial charge in [-0.25, -0.2) is 0 Å². The van der Waals surface area contributed by atoms with Crippen molar-refractivity contribution in [3.8, 4) is 0 Å². The van der Waals surface area contributed by atoms with Crippen LogP contribution in [0.5, 0.6) is 0 Å². The van der Waals surface area contributed by atoms with Crippen LogP contribution in [0.4, 0.5) is 0 Å². The number of nitrogens with zero attached hydrogens (tertiary/aromatic N) is 1. The molecule has 2 N–H and O–H groups in total. The smallest absolute Gasteiger partial charge is 0.227 e. The monoisotopic (exact) mass is 220 g/mol. The average Bonchev–Trinajstić information content (AvgIpc) is 2.90. The lowest BCUT2D eigenvalue weighted by Crippen LogP contribution is -2.47. The Hall–Kier alpha value is -0.830. The Morgan fingerprint density at radius 3 is 2.69 bits per heavy atom. The SMILES string of the molecule is NC1C2CCC(C2)C1C(=O)N1CC=CCC1. The van der Waals surface area contributed by atoms with Crippen molar-refractivity contribution in [2.75, 3.05) is 13.1 Å². The molecule has 2 fully saturated rings. The van der Waals surface area contributed by atoms with E-state index >= 15 is 0 Å². The molecule has 0 aromatic rings. The number of fused-ring (bicyclic) bond motifs is 2. The van der Waals surface area contributed by atoms with E-state index in [-0.39, 0.29) is 12.0 Å². The maximum Gasteiger partial charge on any atom is 0.227 e. The van der Waals surface area contributed by atoms with Crippen molar-refractivity contribution in [1.29, 1.82) is 0 Å². The van der Waals surface area contributed by atoms with Gasteiger partial charge in [0.25, 0.3) is 0 Å². The summed E-state index contributed by atoms with van der Waals surface area (Å²) in [4.78, 5) is 14.4. The summed E-state index contributed by atoms with van der Waals surface area (Å²) in [6.45, 7) is 1.68. The molecule has 88 valence electrons. The summed E-state index contributed by atoms with van der Waals surface area (Å²) in [5.74, 6) is 1.66. The summed E-state index contributed by atoms with van der Waals surface area (Å²) in [7, 11) is 0. The Labute approximate surface area is 96.7 Å². The Balaban J connectivity index is 1.73. The van der Waals surface area contributed by atoms with Gasteiger partial charge in [-0.2, -0.15) is 0 Å². The molecule has 3 heteroatoms. The third-order valence-electron chi connectivity index (χ3n) is 4.64. The topological polar surface area (TPSA) is 46.3 Å². The first-order valence-electron chi connectivity index (χ1n) is 6.47. The van der Waals surface area contributed by atoms with Crippen molar-refractivity contribution in [3.05, 3.63) is 12.2 Å². The molecule has 1 heterocycles. The fourth-order valence-corrected chi connectivity index (χ4v) is 3.75. The van der Waals surface area contributed by atoms with Crippen molar-refractivity contribution in [2.24, 2.45) is 23.5 Å². The summed E-state index contributed by atoms with van der Waals surface area (Å²) in [6.07, 6.45) is 8.92. The summed E-state index contributed by atoms with van der Waals surface area (Å²) in [5.41, 5.74) is 6.21. The minimum absolute atomic E-state index is 0.130. The maximum atomic E-state index is 12.4. The Bertz CT molecular complexity index is 324. The summed E-state index contributed by atoms with van der Waals surface area (Å²) in [5, 5.41) is 0. The van der Waals surface area contributed by atoms with Gasteiger partial charge in [0.2, 0.25) is 5.91 Å². The van der Waals surface area contributed by atoms with Crippen molar-refractivity contribution >= 4 is 5.91 Å². The molecular weight excluding hydrogens is 200 g/mol. The fourth-order valence-electron chi connectivity index (χ4n) is 3.75. The molecule has 3 rings (SSSR count). The van der Waals surface area contributed by atoms with Crippen LogP contribution in [-0.4, -0.2) is 29.9 Å². The van der Waals surface area contributed by atoms with E-state index < -0.39 is 0 Å². The molecule has 0 aromatic heterocycles. The highest BCUT2D eigenvalue weighted by Crippen LogP contribution is 2.48. The molecule has 4 unspecified atom stereocenters. The van der Waals surface area contributed by atoms with Gasteiger partial charge < -0.3 is 10.6 Å². The Kier molecular flexibility index (Phi) is 2.51. The molecule has 1 amide bonds. The van der Waals surface area contributed by atoms with Crippen molar-refractivity contribution in [2.45, 2.75) is 31.7 Å². The highest BCUT2D eigenvalue weighted by Gasteiger charge is 2.49. The first kappa shape index (κ1) is 10.3. The number of amides is 1. The van der Waals surface area contributed by atoms with Gasteiger partial charge >= 0.3 is 0 Å². The second-order valence-electron chi connectivity index (χ2n) is 5.48. The van der Waals surface area contributed by atoms with Crippen molar-refractivity contribution < 1.29 is 4.79 Å². The number of rotatable bonds is 1. The van der Waals surface area contributed by atoms with Gasteiger partial charge in [-0.05, 0) is 37.5 Å². The van der Waals surface area contributed by atoms with E-state index in [4.69, 9.17) is 5.73 Å². The van der Waals surface area contributed by atoms with Crippen LogP contribution in [0.3, 0.4) is 0 Å². The van der Waals surface area contributed by atoms with Gasteiger partial charge in [-0.3, -0.25) is 4.79 Å². The lowest BCUT2D eigenvalue weighted by atomic mass is 9.84. The third kappa shape index (κ3) is 1.49. The molecule has 2 aliphatic carbocycles. The maximum absolute atomic E-state index is 12.4. The van der Waals surface area contributed by atoms with E-state index in [1.165, 1.54) is 19.3 Å². The molecule has 4 atom stereocenters. The second-order valence-corrected chi connectivity index (χ2v) is 5.48. The number of nitrogens with two attached hydrogens (primary N) is 1. The van der Waals surface area contributed by atoms with E-state index in [9.17, 15) is 4.79 Å². The molecule has 16 heavy (non-hydrogen) atoms. The van der Waals surface area contributed by atoms with Crippen LogP contribution in [0, 0.1) is 17.8 Å². The first-order valence-corrected chi connectivity index (χ1v) is 6.47. The predicted octanol–water partition coefficient (Wildman–Crippen LogP) is 1.15. The fraction of sp³-hybridized carbons (Fsp3) is 0.769. The van der Waals surface area contributed by atoms with Gasteiger partial charge in [0.15, 0.2) is 0 Å². The lowest BCUT2D eigenvalue weighted by Gasteiger charge is -2.33. The molecule has 0 saturated heterocycles. The molecule has 3 aliphatic rings. The van der Waals surface area contributed by atoms with Gasteiger partial charge in [0.1, 0.15) is 0 Å². The molecular formula is C13H20N2O. The van der Waals surface area contributed by atoms with Gasteiger partial charge in [0.05, 0.1) is 5.92 Å². The number of carbonyl (C=O) groups is 1. The second kappa shape index (κ2) is 3.88. The lowest BCUT2D eigenvalue weighted by molar-refractivity contribution is -0.137. The first-order chi connectivity index (χ1) is 7.77. The highest BCUT2D eigenvalue weighted by atomic mass is 16.2. The zero-order chi connectivity index (χ0) is 11.1.